The van der Waals surface area contributed by atoms with Gasteiger partial charge in [-0.25, -0.2) is 0 Å². The van der Waals surface area contributed by atoms with Crippen LogP contribution in [0.25, 0.3) is 15.7 Å². The normalized spacial score (nSPS) is 10.4. The van der Waals surface area contributed by atoms with Crippen molar-refractivity contribution in [2.75, 3.05) is 0 Å². The Hall–Kier alpha value is -1.83. The molecule has 0 aliphatic rings. The third-order valence-corrected chi connectivity index (χ3v) is 5.05. The van der Waals surface area contributed by atoms with E-state index in [4.69, 9.17) is 0 Å². The van der Waals surface area contributed by atoms with E-state index in [0.29, 0.717) is 0 Å². The van der Waals surface area contributed by atoms with Crippen LogP contribution in [-0.4, -0.2) is 18.3 Å². The summed E-state index contributed by atoms with van der Waals surface area (Å²) in [5, 5.41) is 0. The molecule has 0 bridgehead atoms. The second-order valence-corrected chi connectivity index (χ2v) is 6.01. The topological polar surface area (TPSA) is 22.0 Å². The van der Waals surface area contributed by atoms with E-state index in [2.05, 4.69) is 12.1 Å². The third-order valence-electron chi connectivity index (χ3n) is 2.69. The van der Waals surface area contributed by atoms with E-state index in [1.165, 1.54) is 0 Å². The van der Waals surface area contributed by atoms with Gasteiger partial charge in [-0.1, -0.05) is 0 Å². The second kappa shape index (κ2) is 4.81. The van der Waals surface area contributed by atoms with Crippen molar-refractivity contribution < 1.29 is 0 Å². The minimum atomic E-state index is 0.0276. The summed E-state index contributed by atoms with van der Waals surface area (Å²) in [6, 6.07) is 21.7. The van der Waals surface area contributed by atoms with Crippen LogP contribution in [0.15, 0.2) is 71.5 Å². The van der Waals surface area contributed by atoms with Crippen LogP contribution in [0.3, 0.4) is 0 Å². The molecule has 3 aromatic rings. The molecular weight excluding hydrogens is 289 g/mol. The van der Waals surface area contributed by atoms with Crippen LogP contribution in [0.1, 0.15) is 0 Å². The van der Waals surface area contributed by atoms with Crippen molar-refractivity contribution in [3.8, 4) is 15.7 Å². The fraction of sp³-hybridized carbons (Fsp3) is 0. The standard InChI is InChI=1S/C15H11NOSe/c17-15-11-14(12-7-3-1-4-8-12)18-16(15)13-9-5-2-6-10-13/h1-11H. The molecule has 0 amide bonds. The van der Waals surface area contributed by atoms with Gasteiger partial charge in [0.25, 0.3) is 0 Å². The maximum absolute atomic E-state index is 12.0. The van der Waals surface area contributed by atoms with Crippen LogP contribution < -0.4 is 5.56 Å². The van der Waals surface area contributed by atoms with Gasteiger partial charge in [-0.3, -0.25) is 0 Å². The summed E-state index contributed by atoms with van der Waals surface area (Å²) in [5.41, 5.74) is 2.20. The van der Waals surface area contributed by atoms with Gasteiger partial charge in [-0.05, 0) is 0 Å². The quantitative estimate of drug-likeness (QED) is 0.667. The summed E-state index contributed by atoms with van der Waals surface area (Å²) in [6.45, 7) is 0. The van der Waals surface area contributed by atoms with E-state index in [0.717, 1.165) is 15.7 Å². The van der Waals surface area contributed by atoms with E-state index in [-0.39, 0.29) is 20.3 Å². The predicted octanol–water partition coefficient (Wildman–Crippen LogP) is 2.56. The summed E-state index contributed by atoms with van der Waals surface area (Å²) in [4.78, 5) is 12.0. The average Bonchev–Trinajstić information content (AvgIpc) is 2.83. The molecule has 18 heavy (non-hydrogen) atoms. The van der Waals surface area contributed by atoms with E-state index in [9.17, 15) is 4.79 Å². The number of para-hydroxylation sites is 1. The van der Waals surface area contributed by atoms with Gasteiger partial charge in [0.05, 0.1) is 0 Å². The Morgan fingerprint density at radius 3 is 2.11 bits per heavy atom. The average molecular weight is 300 g/mol. The molecule has 0 aliphatic carbocycles. The Bertz CT molecular complexity index is 698. The van der Waals surface area contributed by atoms with Gasteiger partial charge >= 0.3 is 111 Å². The number of nitrogens with zero attached hydrogens (tertiary/aromatic N) is 1. The van der Waals surface area contributed by atoms with Crippen LogP contribution in [-0.2, 0) is 0 Å². The van der Waals surface area contributed by atoms with Crippen LogP contribution in [0, 0.1) is 0 Å². The monoisotopic (exact) mass is 301 g/mol. The molecule has 0 N–H and O–H groups in total. The first-order valence-corrected chi connectivity index (χ1v) is 7.31. The molecule has 2 aromatic carbocycles. The Balaban J connectivity index is 2.10. The molecule has 2 nitrogen and oxygen atoms in total. The SMILES string of the molecule is O=c1cc(-c2ccccc2)[se]n1-c1ccccc1. The summed E-state index contributed by atoms with van der Waals surface area (Å²) >= 11 is 0.0276. The van der Waals surface area contributed by atoms with Gasteiger partial charge in [0.1, 0.15) is 0 Å². The zero-order valence-electron chi connectivity index (χ0n) is 9.61. The number of benzene rings is 2. The predicted molar refractivity (Wildman–Crippen MR) is 74.4 cm³/mol. The first-order valence-electron chi connectivity index (χ1n) is 5.69. The molecule has 0 spiro atoms. The van der Waals surface area contributed by atoms with Crippen LogP contribution in [0.4, 0.5) is 0 Å². The maximum atomic E-state index is 12.0. The fourth-order valence-corrected chi connectivity index (χ4v) is 3.84. The van der Waals surface area contributed by atoms with Crippen molar-refractivity contribution in [2.45, 2.75) is 0 Å². The number of aromatic nitrogens is 1. The van der Waals surface area contributed by atoms with Crippen LogP contribution in [0.2, 0.25) is 0 Å². The van der Waals surface area contributed by atoms with Crippen molar-refractivity contribution in [3.63, 3.8) is 0 Å². The third kappa shape index (κ3) is 2.10. The number of hydrogen-bond acceptors (Lipinski definition) is 1. The number of rotatable bonds is 2. The molecule has 0 fully saturated rings. The summed E-state index contributed by atoms with van der Waals surface area (Å²) in [7, 11) is 0. The molecule has 0 radical (unpaired) electrons. The Labute approximate surface area is 111 Å². The minimum absolute atomic E-state index is 0.0276. The van der Waals surface area contributed by atoms with Crippen molar-refractivity contribution in [1.82, 2.24) is 3.56 Å². The van der Waals surface area contributed by atoms with E-state index < -0.39 is 0 Å². The van der Waals surface area contributed by atoms with Gasteiger partial charge in [-0.2, -0.15) is 0 Å². The molecule has 0 saturated carbocycles. The molecular formula is C15H11NOSe. The molecule has 3 rings (SSSR count). The number of hydrogen-bond donors (Lipinski definition) is 0. The van der Waals surface area contributed by atoms with Crippen molar-refractivity contribution in [1.29, 1.82) is 0 Å². The molecule has 0 aliphatic heterocycles. The molecule has 1 heterocycles. The molecule has 1 aromatic heterocycles. The van der Waals surface area contributed by atoms with Gasteiger partial charge in [-0.15, -0.1) is 0 Å². The van der Waals surface area contributed by atoms with Gasteiger partial charge in [0.15, 0.2) is 0 Å². The molecule has 0 unspecified atom stereocenters. The molecule has 0 saturated heterocycles. The van der Waals surface area contributed by atoms with Gasteiger partial charge in [0, 0.05) is 0 Å². The second-order valence-electron chi connectivity index (χ2n) is 3.93. The first-order chi connectivity index (χ1) is 8.84. The Kier molecular flexibility index (Phi) is 3.01. The van der Waals surface area contributed by atoms with E-state index in [1.54, 1.807) is 6.07 Å². The van der Waals surface area contributed by atoms with E-state index in [1.807, 2.05) is 52.1 Å². The molecule has 88 valence electrons. The first kappa shape index (κ1) is 11.3. The Morgan fingerprint density at radius 2 is 1.44 bits per heavy atom. The van der Waals surface area contributed by atoms with Crippen molar-refractivity contribution in [2.24, 2.45) is 0 Å². The summed E-state index contributed by atoms with van der Waals surface area (Å²) in [6.07, 6.45) is 0. The van der Waals surface area contributed by atoms with Crippen molar-refractivity contribution in [3.05, 3.63) is 77.1 Å². The van der Waals surface area contributed by atoms with Crippen molar-refractivity contribution >= 4 is 14.7 Å². The zero-order valence-corrected chi connectivity index (χ0v) is 11.3. The fourth-order valence-electron chi connectivity index (χ4n) is 1.82. The molecule has 0 atom stereocenters. The van der Waals surface area contributed by atoms with E-state index >= 15 is 0 Å². The van der Waals surface area contributed by atoms with Gasteiger partial charge < -0.3 is 0 Å². The Morgan fingerprint density at radius 1 is 0.833 bits per heavy atom. The molecule has 3 heteroatoms. The summed E-state index contributed by atoms with van der Waals surface area (Å²) < 4.78 is 2.99. The van der Waals surface area contributed by atoms with Gasteiger partial charge in [0.2, 0.25) is 0 Å². The zero-order chi connectivity index (χ0) is 12.4. The van der Waals surface area contributed by atoms with Crippen LogP contribution in [0.5, 0.6) is 0 Å². The van der Waals surface area contributed by atoms with Crippen LogP contribution >= 0.6 is 0 Å². The summed E-state index contributed by atoms with van der Waals surface area (Å²) in [5.74, 6) is 0.